The average Bonchev–Trinajstić information content (AvgIpc) is 3.11. The predicted octanol–water partition coefficient (Wildman–Crippen LogP) is 3.57. The molecular formula is C23H22N2O7S. The number of thioether (sulfide) groups is 1. The van der Waals surface area contributed by atoms with E-state index in [1.807, 2.05) is 6.92 Å². The van der Waals surface area contributed by atoms with Gasteiger partial charge in [-0.05, 0) is 60.7 Å². The van der Waals surface area contributed by atoms with E-state index in [0.717, 1.165) is 0 Å². The second-order valence-electron chi connectivity index (χ2n) is 6.69. The van der Waals surface area contributed by atoms with Crippen LogP contribution in [0.1, 0.15) is 22.8 Å². The zero-order valence-electron chi connectivity index (χ0n) is 18.2. The van der Waals surface area contributed by atoms with Gasteiger partial charge in [-0.3, -0.25) is 9.69 Å². The summed E-state index contributed by atoms with van der Waals surface area (Å²) in [5.74, 6) is -1.01. The second kappa shape index (κ2) is 10.7. The van der Waals surface area contributed by atoms with E-state index in [1.165, 1.54) is 43.0 Å². The number of carbonyl (C=O) groups is 3. The molecule has 0 atom stereocenters. The molecule has 1 amide bonds. The molecule has 0 aromatic heterocycles. The number of hydrogen-bond acceptors (Lipinski definition) is 8. The van der Waals surface area contributed by atoms with Crippen LogP contribution in [0.3, 0.4) is 0 Å². The Bertz CT molecular complexity index is 1140. The number of nitrogens with zero attached hydrogens (tertiary/aromatic N) is 2. The Labute approximate surface area is 194 Å². The summed E-state index contributed by atoms with van der Waals surface area (Å²) in [7, 11) is 2.75. The van der Waals surface area contributed by atoms with E-state index in [9.17, 15) is 19.5 Å². The van der Waals surface area contributed by atoms with E-state index in [0.29, 0.717) is 39.4 Å². The van der Waals surface area contributed by atoms with Gasteiger partial charge < -0.3 is 19.3 Å². The van der Waals surface area contributed by atoms with Crippen LogP contribution in [0.4, 0.5) is 5.69 Å². The number of aliphatic imine (C=N–C) groups is 1. The first-order chi connectivity index (χ1) is 15.9. The highest BCUT2D eigenvalue weighted by atomic mass is 32.2. The Balaban J connectivity index is 1.87. The van der Waals surface area contributed by atoms with Crippen LogP contribution in [0.2, 0.25) is 0 Å². The van der Waals surface area contributed by atoms with Crippen molar-refractivity contribution < 1.29 is 33.7 Å². The van der Waals surface area contributed by atoms with Gasteiger partial charge in [-0.25, -0.2) is 14.6 Å². The van der Waals surface area contributed by atoms with Gasteiger partial charge in [0.15, 0.2) is 23.3 Å². The Morgan fingerprint density at radius 1 is 1.15 bits per heavy atom. The summed E-state index contributed by atoms with van der Waals surface area (Å²) in [4.78, 5) is 41.9. The number of aromatic carboxylic acids is 1. The molecule has 0 aliphatic carbocycles. The van der Waals surface area contributed by atoms with E-state index in [1.54, 1.807) is 36.4 Å². The summed E-state index contributed by atoms with van der Waals surface area (Å²) in [6, 6.07) is 11.3. The van der Waals surface area contributed by atoms with Crippen molar-refractivity contribution in [2.24, 2.45) is 4.99 Å². The Hall–Kier alpha value is -3.79. The summed E-state index contributed by atoms with van der Waals surface area (Å²) in [6.07, 6.45) is 1.71. The molecule has 2 aromatic rings. The van der Waals surface area contributed by atoms with Gasteiger partial charge in [0, 0.05) is 6.54 Å². The van der Waals surface area contributed by atoms with Crippen LogP contribution in [0.5, 0.6) is 11.5 Å². The zero-order chi connectivity index (χ0) is 24.0. The average molecular weight is 471 g/mol. The second-order valence-corrected chi connectivity index (χ2v) is 7.69. The highest BCUT2D eigenvalue weighted by molar-refractivity contribution is 8.18. The molecule has 0 radical (unpaired) electrons. The molecule has 0 bridgehead atoms. The van der Waals surface area contributed by atoms with Crippen LogP contribution in [-0.4, -0.2) is 60.4 Å². The highest BCUT2D eigenvalue weighted by Gasteiger charge is 2.32. The van der Waals surface area contributed by atoms with Crippen molar-refractivity contribution in [1.82, 2.24) is 4.90 Å². The number of hydrogen-bond donors (Lipinski definition) is 1. The molecular weight excluding hydrogens is 448 g/mol. The van der Waals surface area contributed by atoms with E-state index in [-0.39, 0.29) is 18.1 Å². The fourth-order valence-corrected chi connectivity index (χ4v) is 3.99. The van der Waals surface area contributed by atoms with E-state index >= 15 is 0 Å². The molecule has 0 saturated carbocycles. The summed E-state index contributed by atoms with van der Waals surface area (Å²) in [5.41, 5.74) is 1.25. The highest BCUT2D eigenvalue weighted by Crippen LogP contribution is 2.35. The third kappa shape index (κ3) is 5.72. The number of benzene rings is 2. The molecule has 9 nitrogen and oxygen atoms in total. The van der Waals surface area contributed by atoms with Crippen LogP contribution in [0.25, 0.3) is 6.08 Å². The van der Waals surface area contributed by atoms with Crippen molar-refractivity contribution in [3.63, 3.8) is 0 Å². The van der Waals surface area contributed by atoms with E-state index in [4.69, 9.17) is 9.47 Å². The lowest BCUT2D eigenvalue weighted by Gasteiger charge is -2.12. The molecule has 1 fully saturated rings. The minimum Gasteiger partial charge on any atom is -0.493 e. The number of likely N-dealkylation sites (N-methyl/N-ethyl adjacent to an activating group) is 1. The minimum atomic E-state index is -1.05. The molecule has 33 heavy (non-hydrogen) atoms. The maximum atomic E-state index is 12.9. The van der Waals surface area contributed by atoms with Gasteiger partial charge in [0.05, 0.1) is 30.4 Å². The molecule has 0 spiro atoms. The molecule has 1 aliphatic heterocycles. The van der Waals surface area contributed by atoms with Gasteiger partial charge in [0.25, 0.3) is 5.91 Å². The van der Waals surface area contributed by atoms with Crippen LogP contribution in [0, 0.1) is 0 Å². The van der Waals surface area contributed by atoms with Gasteiger partial charge in [-0.2, -0.15) is 0 Å². The third-order valence-corrected chi connectivity index (χ3v) is 5.59. The number of carboxylic acids is 1. The van der Waals surface area contributed by atoms with Crippen molar-refractivity contribution >= 4 is 46.5 Å². The maximum absolute atomic E-state index is 12.9. The summed E-state index contributed by atoms with van der Waals surface area (Å²) in [6.45, 7) is 1.99. The largest absolute Gasteiger partial charge is 0.493 e. The van der Waals surface area contributed by atoms with Crippen LogP contribution < -0.4 is 9.47 Å². The Morgan fingerprint density at radius 2 is 1.94 bits per heavy atom. The summed E-state index contributed by atoms with van der Waals surface area (Å²) >= 11 is 1.20. The standard InChI is InChI=1S/C23H22N2O7S/c1-4-25-21(27)19(33-23(25)24-16-7-5-6-15(12-16)22(28)29)11-14-8-9-17(18(10-14)30-2)32-13-20(26)31-3/h5-12H,4,13H2,1-3H3,(H,28,29)/b19-11+,24-23?. The molecule has 10 heteroatoms. The third-order valence-electron chi connectivity index (χ3n) is 4.58. The number of esters is 1. The fourth-order valence-electron chi connectivity index (χ4n) is 2.93. The van der Waals surface area contributed by atoms with Crippen molar-refractivity contribution in [2.75, 3.05) is 27.4 Å². The summed E-state index contributed by atoms with van der Waals surface area (Å²) < 4.78 is 15.3. The smallest absolute Gasteiger partial charge is 0.343 e. The van der Waals surface area contributed by atoms with Crippen LogP contribution >= 0.6 is 11.8 Å². The molecule has 1 saturated heterocycles. The maximum Gasteiger partial charge on any atom is 0.343 e. The van der Waals surface area contributed by atoms with Gasteiger partial charge in [0.2, 0.25) is 0 Å². The number of ether oxygens (including phenoxy) is 3. The number of amidine groups is 1. The topological polar surface area (TPSA) is 115 Å². The lowest BCUT2D eigenvalue weighted by atomic mass is 10.2. The minimum absolute atomic E-state index is 0.117. The predicted molar refractivity (Wildman–Crippen MR) is 124 cm³/mol. The van der Waals surface area contributed by atoms with Crippen LogP contribution in [-0.2, 0) is 14.3 Å². The summed E-state index contributed by atoms with van der Waals surface area (Å²) in [5, 5.41) is 9.64. The monoisotopic (exact) mass is 470 g/mol. The van der Waals surface area contributed by atoms with Gasteiger partial charge in [0.1, 0.15) is 0 Å². The first-order valence-electron chi connectivity index (χ1n) is 9.87. The molecule has 0 unspecified atom stereocenters. The van der Waals surface area contributed by atoms with Gasteiger partial charge >= 0.3 is 11.9 Å². The number of carbonyl (C=O) groups excluding carboxylic acids is 2. The van der Waals surface area contributed by atoms with E-state index in [2.05, 4.69) is 9.73 Å². The molecule has 1 heterocycles. The van der Waals surface area contributed by atoms with Crippen molar-refractivity contribution in [1.29, 1.82) is 0 Å². The van der Waals surface area contributed by atoms with Crippen molar-refractivity contribution in [3.8, 4) is 11.5 Å². The van der Waals surface area contributed by atoms with Gasteiger partial charge in [-0.15, -0.1) is 0 Å². The first kappa shape index (κ1) is 23.9. The fraction of sp³-hybridized carbons (Fsp3) is 0.217. The molecule has 1 aliphatic rings. The SMILES string of the molecule is CCN1C(=O)/C(=C\c2ccc(OCC(=O)OC)c(OC)c2)SC1=Nc1cccc(C(=O)O)c1. The Kier molecular flexibility index (Phi) is 7.73. The molecule has 172 valence electrons. The number of rotatable bonds is 8. The lowest BCUT2D eigenvalue weighted by Crippen LogP contribution is -2.28. The molecule has 1 N–H and O–H groups in total. The number of amides is 1. The van der Waals surface area contributed by atoms with Crippen molar-refractivity contribution in [3.05, 3.63) is 58.5 Å². The zero-order valence-corrected chi connectivity index (χ0v) is 19.0. The number of carboxylic acid groups (broad SMARTS) is 1. The van der Waals surface area contributed by atoms with E-state index < -0.39 is 11.9 Å². The lowest BCUT2D eigenvalue weighted by molar-refractivity contribution is -0.142. The quantitative estimate of drug-likeness (QED) is 0.460. The van der Waals surface area contributed by atoms with Crippen LogP contribution in [0.15, 0.2) is 52.4 Å². The normalized spacial score (nSPS) is 15.7. The number of methoxy groups -OCH3 is 2. The molecule has 3 rings (SSSR count). The molecule has 2 aromatic carbocycles. The Morgan fingerprint density at radius 3 is 2.61 bits per heavy atom. The van der Waals surface area contributed by atoms with Crippen molar-refractivity contribution in [2.45, 2.75) is 6.92 Å². The van der Waals surface area contributed by atoms with Gasteiger partial charge in [-0.1, -0.05) is 12.1 Å². The first-order valence-corrected chi connectivity index (χ1v) is 10.7.